The summed E-state index contributed by atoms with van der Waals surface area (Å²) in [5, 5.41) is 8.38. The van der Waals surface area contributed by atoms with Crippen molar-refractivity contribution in [2.75, 3.05) is 0 Å². The molecule has 4 aromatic rings. The van der Waals surface area contributed by atoms with Gasteiger partial charge in [0, 0.05) is 28.8 Å². The summed E-state index contributed by atoms with van der Waals surface area (Å²) in [6, 6.07) is 22.4. The van der Waals surface area contributed by atoms with Gasteiger partial charge in [-0.1, -0.05) is 54.6 Å². The van der Waals surface area contributed by atoms with Gasteiger partial charge in [0.2, 0.25) is 0 Å². The van der Waals surface area contributed by atoms with Crippen LogP contribution in [-0.2, 0) is 6.54 Å². The monoisotopic (exact) mass is 393 g/mol. The summed E-state index contributed by atoms with van der Waals surface area (Å²) in [4.78, 5) is 14.6. The van der Waals surface area contributed by atoms with E-state index in [0.29, 0.717) is 12.1 Å². The summed E-state index contributed by atoms with van der Waals surface area (Å²) < 4.78 is 0. The van der Waals surface area contributed by atoms with Crippen molar-refractivity contribution in [2.24, 2.45) is 10.2 Å². The van der Waals surface area contributed by atoms with Gasteiger partial charge in [-0.25, -0.2) is 15.0 Å². The van der Waals surface area contributed by atoms with Crippen molar-refractivity contribution < 1.29 is 5.73 Å². The largest absolute Gasteiger partial charge is 0.354 e. The molecule has 0 fully saturated rings. The van der Waals surface area contributed by atoms with Crippen LogP contribution >= 0.6 is 0 Å². The maximum absolute atomic E-state index is 4.95. The molecule has 0 spiro atoms. The molecule has 6 heteroatoms. The highest BCUT2D eigenvalue weighted by Gasteiger charge is 2.17. The van der Waals surface area contributed by atoms with E-state index in [1.165, 1.54) is 5.56 Å². The average Bonchev–Trinajstić information content (AvgIpc) is 3.25. The lowest BCUT2D eigenvalue weighted by Gasteiger charge is -2.11. The lowest BCUT2D eigenvalue weighted by atomic mass is 10.0. The molecule has 1 aliphatic rings. The normalized spacial score (nSPS) is 13.4. The quantitative estimate of drug-likeness (QED) is 0.573. The van der Waals surface area contributed by atoms with Crippen LogP contribution in [0.2, 0.25) is 0 Å². The Morgan fingerprint density at radius 2 is 1.50 bits per heavy atom. The molecule has 2 aromatic heterocycles. The second kappa shape index (κ2) is 7.57. The summed E-state index contributed by atoms with van der Waals surface area (Å²) in [7, 11) is 0. The van der Waals surface area contributed by atoms with Crippen LogP contribution in [0.15, 0.2) is 76.9 Å². The number of benzene rings is 2. The second-order valence-electron chi connectivity index (χ2n) is 7.33. The summed E-state index contributed by atoms with van der Waals surface area (Å²) in [5.74, 6) is 0. The Bertz CT molecular complexity index is 1290. The fourth-order valence-electron chi connectivity index (χ4n) is 3.53. The molecule has 0 saturated heterocycles. The maximum Gasteiger partial charge on any atom is 0.179 e. The molecule has 0 radical (unpaired) electrons. The first kappa shape index (κ1) is 18.3. The minimum absolute atomic E-state index is 0.608. The van der Waals surface area contributed by atoms with Gasteiger partial charge in [-0.3, -0.25) is 0 Å². The Balaban J connectivity index is 1.68. The third-order valence-corrected chi connectivity index (χ3v) is 5.15. The highest BCUT2D eigenvalue weighted by atomic mass is 15.2. The fourth-order valence-corrected chi connectivity index (χ4v) is 3.53. The summed E-state index contributed by atoms with van der Waals surface area (Å²) in [6.07, 6.45) is 0.716. The fraction of sp³-hybridized carbons (Fsp3) is 0.125. The van der Waals surface area contributed by atoms with Crippen molar-refractivity contribution in [3.05, 3.63) is 78.0 Å². The van der Waals surface area contributed by atoms with Crippen LogP contribution in [0, 0.1) is 0 Å². The van der Waals surface area contributed by atoms with Gasteiger partial charge in [0.1, 0.15) is 5.52 Å². The number of quaternary nitrogens is 1. The van der Waals surface area contributed by atoms with Crippen molar-refractivity contribution >= 4 is 22.6 Å². The van der Waals surface area contributed by atoms with E-state index < -0.39 is 0 Å². The molecule has 146 valence electrons. The number of hydrogen-bond donors (Lipinski definition) is 1. The first-order chi connectivity index (χ1) is 14.7. The Morgan fingerprint density at radius 3 is 2.20 bits per heavy atom. The van der Waals surface area contributed by atoms with Gasteiger partial charge in [-0.2, -0.15) is 10.2 Å². The summed E-state index contributed by atoms with van der Waals surface area (Å²) in [6.45, 7) is 2.73. The lowest BCUT2D eigenvalue weighted by Crippen LogP contribution is -2.47. The van der Waals surface area contributed by atoms with E-state index in [2.05, 4.69) is 40.2 Å². The van der Waals surface area contributed by atoms with Gasteiger partial charge < -0.3 is 5.73 Å². The van der Waals surface area contributed by atoms with E-state index in [0.717, 1.165) is 51.7 Å². The van der Waals surface area contributed by atoms with Crippen LogP contribution in [0.1, 0.15) is 24.6 Å². The van der Waals surface area contributed by atoms with E-state index in [4.69, 9.17) is 15.0 Å². The van der Waals surface area contributed by atoms with Crippen LogP contribution in [0.3, 0.4) is 0 Å². The second-order valence-corrected chi connectivity index (χ2v) is 7.33. The van der Waals surface area contributed by atoms with Crippen LogP contribution in [0.5, 0.6) is 0 Å². The number of nitrogens with zero attached hydrogens (tertiary/aromatic N) is 5. The van der Waals surface area contributed by atoms with Gasteiger partial charge in [0.25, 0.3) is 0 Å². The molecule has 3 N–H and O–H groups in total. The third kappa shape index (κ3) is 3.38. The Labute approximate surface area is 174 Å². The van der Waals surface area contributed by atoms with E-state index in [-0.39, 0.29) is 0 Å². The predicted octanol–water partition coefficient (Wildman–Crippen LogP) is 3.67. The standard InChI is InChI=1S/C24H20N6/c1-15-13-21(30-29-15)19-11-12-20-24(27-19)28-23(17-5-3-2-4-6-17)22(26-20)18-9-7-16(14-25)8-10-18/h2-12H,13-14,25H2,1H3/p+1. The van der Waals surface area contributed by atoms with Crippen molar-refractivity contribution in [2.45, 2.75) is 19.9 Å². The molecule has 0 saturated carbocycles. The average molecular weight is 393 g/mol. The smallest absolute Gasteiger partial charge is 0.179 e. The van der Waals surface area contributed by atoms with E-state index >= 15 is 0 Å². The number of hydrogen-bond acceptors (Lipinski definition) is 5. The molecule has 30 heavy (non-hydrogen) atoms. The van der Waals surface area contributed by atoms with E-state index in [1.54, 1.807) is 0 Å². The molecule has 0 amide bonds. The van der Waals surface area contributed by atoms with Crippen molar-refractivity contribution in [3.8, 4) is 22.5 Å². The Morgan fingerprint density at radius 1 is 0.767 bits per heavy atom. The van der Waals surface area contributed by atoms with Gasteiger partial charge in [-0.15, -0.1) is 0 Å². The Hall–Kier alpha value is -3.77. The minimum Gasteiger partial charge on any atom is -0.354 e. The Kier molecular flexibility index (Phi) is 4.61. The van der Waals surface area contributed by atoms with E-state index in [1.807, 2.05) is 49.4 Å². The van der Waals surface area contributed by atoms with Crippen molar-refractivity contribution in [1.82, 2.24) is 15.0 Å². The maximum atomic E-state index is 4.95. The van der Waals surface area contributed by atoms with Crippen LogP contribution in [0.4, 0.5) is 0 Å². The molecule has 0 aliphatic carbocycles. The molecule has 0 atom stereocenters. The molecular formula is C24H21N6+. The third-order valence-electron chi connectivity index (χ3n) is 5.15. The number of rotatable bonds is 4. The topological polar surface area (TPSA) is 91.0 Å². The first-order valence-corrected chi connectivity index (χ1v) is 9.94. The highest BCUT2D eigenvalue weighted by Crippen LogP contribution is 2.31. The zero-order valence-corrected chi connectivity index (χ0v) is 16.7. The number of pyridine rings is 1. The molecule has 3 heterocycles. The molecular weight excluding hydrogens is 372 g/mol. The minimum atomic E-state index is 0.608. The van der Waals surface area contributed by atoms with Gasteiger partial charge in [0.15, 0.2) is 5.65 Å². The number of aromatic nitrogens is 3. The molecule has 1 aliphatic heterocycles. The van der Waals surface area contributed by atoms with E-state index in [9.17, 15) is 0 Å². The van der Waals surface area contributed by atoms with Crippen LogP contribution in [-0.4, -0.2) is 26.4 Å². The highest BCUT2D eigenvalue weighted by molar-refractivity contribution is 6.14. The van der Waals surface area contributed by atoms with Crippen molar-refractivity contribution in [3.63, 3.8) is 0 Å². The van der Waals surface area contributed by atoms with Crippen LogP contribution < -0.4 is 5.73 Å². The molecule has 6 nitrogen and oxygen atoms in total. The number of fused-ring (bicyclic) bond motifs is 1. The van der Waals surface area contributed by atoms with Crippen molar-refractivity contribution in [1.29, 1.82) is 0 Å². The van der Waals surface area contributed by atoms with Gasteiger partial charge in [-0.05, 0) is 19.1 Å². The summed E-state index contributed by atoms with van der Waals surface area (Å²) in [5.41, 5.74) is 12.8. The SMILES string of the molecule is CC1=NN=C(c2ccc3nc(-c4ccc(C[NH3+])cc4)c(-c4ccccc4)nc3n2)C1. The molecule has 0 bridgehead atoms. The zero-order valence-electron chi connectivity index (χ0n) is 16.7. The lowest BCUT2D eigenvalue weighted by molar-refractivity contribution is -0.386. The molecule has 2 aromatic carbocycles. The molecule has 0 unspecified atom stereocenters. The zero-order chi connectivity index (χ0) is 20.5. The van der Waals surface area contributed by atoms with Gasteiger partial charge in [0.05, 0.1) is 29.3 Å². The van der Waals surface area contributed by atoms with Gasteiger partial charge >= 0.3 is 0 Å². The molecule has 5 rings (SSSR count). The summed E-state index contributed by atoms with van der Waals surface area (Å²) >= 11 is 0. The van der Waals surface area contributed by atoms with Crippen LogP contribution in [0.25, 0.3) is 33.7 Å². The predicted molar refractivity (Wildman–Crippen MR) is 119 cm³/mol. The first-order valence-electron chi connectivity index (χ1n) is 9.94.